The van der Waals surface area contributed by atoms with Gasteiger partial charge in [0, 0.05) is 12.7 Å². The van der Waals surface area contributed by atoms with Crippen molar-refractivity contribution < 1.29 is 28.3 Å². The Balaban J connectivity index is 0.000000514. The fraction of sp³-hybridized carbons (Fsp3) is 0.238. The van der Waals surface area contributed by atoms with Crippen molar-refractivity contribution in [1.82, 2.24) is 14.8 Å². The van der Waals surface area contributed by atoms with Gasteiger partial charge in [-0.15, -0.1) is 5.71 Å². The first kappa shape index (κ1) is 24.3. The molecular formula is C21H24LiN5O2-2. The van der Waals surface area contributed by atoms with Crippen LogP contribution in [0.5, 0.6) is 11.5 Å². The molecule has 1 heterocycles. The Hall–Kier alpha value is -2.75. The zero-order valence-corrected chi connectivity index (χ0v) is 17.5. The number of hydrogen-bond acceptors (Lipinski definition) is 5. The van der Waals surface area contributed by atoms with Gasteiger partial charge in [0.15, 0.2) is 11.5 Å². The predicted octanol–water partition coefficient (Wildman–Crippen LogP) is 0.0788. The summed E-state index contributed by atoms with van der Waals surface area (Å²) in [5.74, 6) is 1.23. The van der Waals surface area contributed by atoms with Gasteiger partial charge in [-0.25, -0.2) is 0 Å². The van der Waals surface area contributed by atoms with E-state index in [9.17, 15) is 5.41 Å². The summed E-state index contributed by atoms with van der Waals surface area (Å²) in [7, 11) is 4.95. The quantitative estimate of drug-likeness (QED) is 0.281. The number of ether oxygens (including phenoxy) is 2. The summed E-state index contributed by atoms with van der Waals surface area (Å²) < 4.78 is 12.2. The van der Waals surface area contributed by atoms with Crippen molar-refractivity contribution in [3.05, 3.63) is 77.6 Å². The molecule has 2 N–H and O–H groups in total. The number of anilines is 1. The van der Waals surface area contributed by atoms with Gasteiger partial charge in [0.25, 0.3) is 0 Å². The van der Waals surface area contributed by atoms with Gasteiger partial charge in [0.05, 0.1) is 14.2 Å². The van der Waals surface area contributed by atoms with Crippen molar-refractivity contribution in [3.63, 3.8) is 0 Å². The molecule has 0 spiro atoms. The first-order valence-electron chi connectivity index (χ1n) is 8.66. The van der Waals surface area contributed by atoms with E-state index < -0.39 is 0 Å². The number of aryl methyl sites for hydroxylation is 1. The van der Waals surface area contributed by atoms with E-state index in [2.05, 4.69) is 16.4 Å². The zero-order valence-electron chi connectivity index (χ0n) is 17.5. The van der Waals surface area contributed by atoms with Crippen LogP contribution in [0.1, 0.15) is 23.6 Å². The Bertz CT molecular complexity index is 896. The number of aromatic nitrogens is 3. The third-order valence-corrected chi connectivity index (χ3v) is 3.96. The summed E-state index contributed by atoms with van der Waals surface area (Å²) in [6.07, 6.45) is 6.75. The fourth-order valence-electron chi connectivity index (χ4n) is 2.57. The van der Waals surface area contributed by atoms with E-state index >= 15 is 0 Å². The number of methoxy groups -OCH3 is 2. The molecule has 0 unspecified atom stereocenters. The minimum atomic E-state index is 0. The molecule has 7 nitrogen and oxygen atoms in total. The van der Waals surface area contributed by atoms with Gasteiger partial charge in [-0.3, -0.25) is 5.10 Å². The van der Waals surface area contributed by atoms with E-state index in [0.717, 1.165) is 11.1 Å². The Morgan fingerprint density at radius 3 is 2.24 bits per heavy atom. The first-order chi connectivity index (χ1) is 13.5. The smallest absolute Gasteiger partial charge is 0.803 e. The van der Waals surface area contributed by atoms with Crippen molar-refractivity contribution in [3.8, 4) is 11.5 Å². The summed E-state index contributed by atoms with van der Waals surface area (Å²) in [6.45, 7) is 1.97. The third-order valence-electron chi connectivity index (χ3n) is 3.96. The van der Waals surface area contributed by atoms with Gasteiger partial charge >= 0.3 is 18.9 Å². The van der Waals surface area contributed by atoms with Crippen molar-refractivity contribution in [2.45, 2.75) is 13.3 Å². The Morgan fingerprint density at radius 2 is 1.79 bits per heavy atom. The molecule has 0 saturated heterocycles. The van der Waals surface area contributed by atoms with Crippen LogP contribution in [-0.4, -0.2) is 34.7 Å². The fourth-order valence-corrected chi connectivity index (χ4v) is 2.57. The van der Waals surface area contributed by atoms with E-state index in [4.69, 9.17) is 15.2 Å². The monoisotopic (exact) mass is 385 g/mol. The average molecular weight is 385 g/mol. The molecule has 148 valence electrons. The van der Waals surface area contributed by atoms with Crippen LogP contribution in [0.4, 0.5) is 5.69 Å². The van der Waals surface area contributed by atoms with Gasteiger partial charge in [0.1, 0.15) is 0 Å². The summed E-state index contributed by atoms with van der Waals surface area (Å²) >= 11 is 0. The van der Waals surface area contributed by atoms with E-state index in [-0.39, 0.29) is 24.6 Å². The maximum atomic E-state index is 10.6. The second-order valence-corrected chi connectivity index (χ2v) is 5.93. The topological polar surface area (TPSA) is 97.5 Å². The Morgan fingerprint density at radius 1 is 1.17 bits per heavy atom. The molecule has 0 aliphatic heterocycles. The average Bonchev–Trinajstić information content (AvgIpc) is 3.19. The molecule has 2 aromatic carbocycles. The maximum Gasteiger partial charge on any atom is 1.00 e. The molecule has 1 aromatic heterocycles. The summed E-state index contributed by atoms with van der Waals surface area (Å²) in [5, 5.41) is 14.3. The van der Waals surface area contributed by atoms with Gasteiger partial charge < -0.3 is 36.7 Å². The maximum absolute atomic E-state index is 10.6. The number of nitrogens with two attached hydrogens (primary N) is 1. The number of nitrogens with zero attached hydrogens (tertiary/aromatic N) is 4. The van der Waals surface area contributed by atoms with Gasteiger partial charge in [-0.1, -0.05) is 17.7 Å². The second-order valence-electron chi connectivity index (χ2n) is 5.93. The van der Waals surface area contributed by atoms with E-state index in [1.165, 1.54) is 11.0 Å². The molecule has 8 heteroatoms. The molecule has 0 atom stereocenters. The SMILES string of the molecule is C[CH-]Cc1cc(OC)c(OC)cc1C(=[N-])c1ccc(N)cc1.Cn1[c-]ncn1.[Li+]. The van der Waals surface area contributed by atoms with Crippen molar-refractivity contribution in [2.24, 2.45) is 7.05 Å². The zero-order chi connectivity index (χ0) is 20.5. The molecule has 0 radical (unpaired) electrons. The normalized spacial score (nSPS) is 9.66. The number of benzene rings is 2. The van der Waals surface area contributed by atoms with E-state index in [0.29, 0.717) is 29.2 Å². The Labute approximate surface area is 183 Å². The minimum Gasteiger partial charge on any atom is -0.803 e. The number of nitrogen functional groups attached to an aromatic ring is 1. The van der Waals surface area contributed by atoms with Crippen LogP contribution in [0.3, 0.4) is 0 Å². The molecular weight excluding hydrogens is 361 g/mol. The van der Waals surface area contributed by atoms with Crippen LogP contribution in [0.15, 0.2) is 42.7 Å². The van der Waals surface area contributed by atoms with Gasteiger partial charge in [0.2, 0.25) is 0 Å². The van der Waals surface area contributed by atoms with Crippen LogP contribution in [0.25, 0.3) is 5.41 Å². The van der Waals surface area contributed by atoms with Gasteiger partial charge in [-0.2, -0.15) is 13.3 Å². The minimum absolute atomic E-state index is 0. The Kier molecular flexibility index (Phi) is 10.0. The molecule has 0 aliphatic carbocycles. The summed E-state index contributed by atoms with van der Waals surface area (Å²) in [6, 6.07) is 10.8. The van der Waals surface area contributed by atoms with Crippen LogP contribution in [0.2, 0.25) is 0 Å². The predicted molar refractivity (Wildman–Crippen MR) is 110 cm³/mol. The number of rotatable bonds is 6. The molecule has 0 fully saturated rings. The largest absolute Gasteiger partial charge is 1.00 e. The van der Waals surface area contributed by atoms with Crippen LogP contribution < -0.4 is 34.1 Å². The van der Waals surface area contributed by atoms with E-state index in [1.807, 2.05) is 19.4 Å². The van der Waals surface area contributed by atoms with Crippen molar-refractivity contribution in [1.29, 1.82) is 0 Å². The summed E-state index contributed by atoms with van der Waals surface area (Å²) in [4.78, 5) is 3.55. The standard InChI is InChI=1S/C18H20N2O2.C3H4N3.Li/c1-4-5-13-10-16(21-2)17(22-3)11-15(13)18(20)12-6-8-14(19)9-7-12;1-6-3-4-2-5-6;/h4,6-11H,5,19H2,1-3H3;2H,1H3;/q-2;-1;+1. The molecule has 3 aromatic rings. The molecule has 0 amide bonds. The molecule has 29 heavy (non-hydrogen) atoms. The summed E-state index contributed by atoms with van der Waals surface area (Å²) in [5.41, 5.74) is 8.94. The molecule has 0 aliphatic rings. The third kappa shape index (κ3) is 6.66. The second kappa shape index (κ2) is 11.9. The molecule has 0 bridgehead atoms. The van der Waals surface area contributed by atoms with E-state index in [1.54, 1.807) is 51.6 Å². The molecule has 0 saturated carbocycles. The van der Waals surface area contributed by atoms with Crippen molar-refractivity contribution >= 4 is 11.4 Å². The van der Waals surface area contributed by atoms with Crippen LogP contribution in [0, 0.1) is 12.7 Å². The molecule has 3 rings (SSSR count). The first-order valence-corrected chi connectivity index (χ1v) is 8.66. The van der Waals surface area contributed by atoms with Crippen molar-refractivity contribution in [2.75, 3.05) is 20.0 Å². The number of hydrogen-bond donors (Lipinski definition) is 1. The van der Waals surface area contributed by atoms with Crippen LogP contribution in [-0.2, 0) is 13.5 Å². The van der Waals surface area contributed by atoms with Crippen LogP contribution >= 0.6 is 0 Å². The van der Waals surface area contributed by atoms with Gasteiger partial charge in [-0.05, 0) is 48.0 Å².